The first kappa shape index (κ1) is 12.7. The number of nitrogens with zero attached hydrogens (tertiary/aromatic N) is 1. The van der Waals surface area contributed by atoms with Gasteiger partial charge in [0.2, 0.25) is 0 Å². The van der Waals surface area contributed by atoms with Crippen LogP contribution in [0, 0.1) is 6.92 Å². The first-order chi connectivity index (χ1) is 8.07. The molecule has 0 radical (unpaired) electrons. The number of hydrogen-bond donors (Lipinski definition) is 1. The van der Waals surface area contributed by atoms with Gasteiger partial charge >= 0.3 is 0 Å². The van der Waals surface area contributed by atoms with Crippen molar-refractivity contribution in [2.24, 2.45) is 0 Å². The quantitative estimate of drug-likeness (QED) is 0.870. The smallest absolute Gasteiger partial charge is 0.0496 e. The number of halogens is 1. The second-order valence-corrected chi connectivity index (χ2v) is 5.55. The molecule has 1 heterocycles. The van der Waals surface area contributed by atoms with Crippen molar-refractivity contribution in [2.45, 2.75) is 32.7 Å². The summed E-state index contributed by atoms with van der Waals surface area (Å²) in [4.78, 5) is 2.52. The lowest BCUT2D eigenvalue weighted by Crippen LogP contribution is -2.59. The molecule has 0 saturated carbocycles. The van der Waals surface area contributed by atoms with Crippen molar-refractivity contribution in [1.82, 2.24) is 5.32 Å². The maximum absolute atomic E-state index is 6.03. The van der Waals surface area contributed by atoms with Crippen LogP contribution in [-0.4, -0.2) is 25.2 Å². The molecule has 1 aliphatic heterocycles. The lowest BCUT2D eigenvalue weighted by molar-refractivity contribution is 0.342. The topological polar surface area (TPSA) is 15.3 Å². The number of nitrogens with one attached hydrogen (secondary N) is 1. The van der Waals surface area contributed by atoms with Gasteiger partial charge < -0.3 is 10.2 Å². The van der Waals surface area contributed by atoms with Crippen LogP contribution in [0.4, 0.5) is 5.69 Å². The molecule has 2 rings (SSSR count). The third kappa shape index (κ3) is 2.43. The minimum atomic E-state index is 0.205. The molecule has 3 heteroatoms. The molecule has 1 fully saturated rings. The summed E-state index contributed by atoms with van der Waals surface area (Å²) in [5.41, 5.74) is 2.79. The van der Waals surface area contributed by atoms with Gasteiger partial charge in [0.25, 0.3) is 0 Å². The van der Waals surface area contributed by atoms with Crippen LogP contribution < -0.4 is 10.2 Å². The zero-order chi connectivity index (χ0) is 12.5. The van der Waals surface area contributed by atoms with Gasteiger partial charge in [-0.3, -0.25) is 0 Å². The molecule has 1 N–H and O–H groups in total. The Balaban J connectivity index is 2.36. The van der Waals surface area contributed by atoms with Crippen molar-refractivity contribution in [1.29, 1.82) is 0 Å². The van der Waals surface area contributed by atoms with Crippen LogP contribution >= 0.6 is 11.6 Å². The molecule has 1 unspecified atom stereocenters. The van der Waals surface area contributed by atoms with Crippen molar-refractivity contribution >= 4 is 17.3 Å². The van der Waals surface area contributed by atoms with Gasteiger partial charge in [-0.25, -0.2) is 0 Å². The number of benzene rings is 1. The Bertz CT molecular complexity index is 405. The second kappa shape index (κ2) is 4.87. The van der Waals surface area contributed by atoms with Gasteiger partial charge in [0.05, 0.1) is 0 Å². The minimum absolute atomic E-state index is 0.205. The fourth-order valence-corrected chi connectivity index (χ4v) is 2.79. The predicted octanol–water partition coefficient (Wildman–Crippen LogP) is 3.23. The monoisotopic (exact) mass is 252 g/mol. The maximum atomic E-state index is 6.03. The lowest BCUT2D eigenvalue weighted by Gasteiger charge is -2.47. The number of aryl methyl sites for hydroxylation is 1. The molecule has 94 valence electrons. The van der Waals surface area contributed by atoms with Gasteiger partial charge in [0, 0.05) is 35.9 Å². The van der Waals surface area contributed by atoms with Crippen LogP contribution in [0.3, 0.4) is 0 Å². The van der Waals surface area contributed by atoms with Gasteiger partial charge in [0.1, 0.15) is 0 Å². The van der Waals surface area contributed by atoms with Crippen LogP contribution in [0.15, 0.2) is 18.2 Å². The Hall–Kier alpha value is -0.730. The first-order valence-electron chi connectivity index (χ1n) is 6.31. The third-order valence-electron chi connectivity index (χ3n) is 3.88. The van der Waals surface area contributed by atoms with Crippen LogP contribution in [0.2, 0.25) is 5.02 Å². The van der Waals surface area contributed by atoms with E-state index < -0.39 is 0 Å². The van der Waals surface area contributed by atoms with Crippen molar-refractivity contribution in [3.05, 3.63) is 28.8 Å². The molecule has 0 bridgehead atoms. The summed E-state index contributed by atoms with van der Waals surface area (Å²) < 4.78 is 0. The van der Waals surface area contributed by atoms with E-state index in [1.807, 2.05) is 6.07 Å². The van der Waals surface area contributed by atoms with E-state index in [0.29, 0.717) is 0 Å². The van der Waals surface area contributed by atoms with Crippen molar-refractivity contribution in [3.63, 3.8) is 0 Å². The van der Waals surface area contributed by atoms with Crippen LogP contribution in [0.1, 0.15) is 25.8 Å². The average molecular weight is 253 g/mol. The van der Waals surface area contributed by atoms with Gasteiger partial charge in [-0.2, -0.15) is 0 Å². The zero-order valence-corrected chi connectivity index (χ0v) is 11.6. The molecule has 0 spiro atoms. The van der Waals surface area contributed by atoms with E-state index in [9.17, 15) is 0 Å². The molecule has 0 amide bonds. The molecule has 1 saturated heterocycles. The molecule has 1 aromatic carbocycles. The van der Waals surface area contributed by atoms with Crippen LogP contribution in [0.25, 0.3) is 0 Å². The van der Waals surface area contributed by atoms with Crippen molar-refractivity contribution < 1.29 is 0 Å². The van der Waals surface area contributed by atoms with Crippen molar-refractivity contribution in [2.75, 3.05) is 24.5 Å². The highest BCUT2D eigenvalue weighted by atomic mass is 35.5. The van der Waals surface area contributed by atoms with E-state index >= 15 is 0 Å². The predicted molar refractivity (Wildman–Crippen MR) is 75.1 cm³/mol. The molecule has 1 atom stereocenters. The highest BCUT2D eigenvalue weighted by Crippen LogP contribution is 2.31. The molecule has 2 nitrogen and oxygen atoms in total. The molecule has 1 aliphatic rings. The second-order valence-electron chi connectivity index (χ2n) is 5.11. The normalized spacial score (nSPS) is 25.1. The number of anilines is 1. The van der Waals surface area contributed by atoms with Crippen LogP contribution in [-0.2, 0) is 0 Å². The van der Waals surface area contributed by atoms with Crippen molar-refractivity contribution in [3.8, 4) is 0 Å². The SMILES string of the molecule is CCC1(C)CNCCN1c1ccc(Cl)cc1C. The summed E-state index contributed by atoms with van der Waals surface area (Å²) in [6, 6.07) is 6.19. The minimum Gasteiger partial charge on any atom is -0.363 e. The Morgan fingerprint density at radius 1 is 1.47 bits per heavy atom. The summed E-state index contributed by atoms with van der Waals surface area (Å²) in [6.45, 7) is 9.88. The average Bonchev–Trinajstić information content (AvgIpc) is 2.31. The number of piperazine rings is 1. The van der Waals surface area contributed by atoms with E-state index in [-0.39, 0.29) is 5.54 Å². The number of hydrogen-bond acceptors (Lipinski definition) is 2. The molecule has 1 aromatic rings. The lowest BCUT2D eigenvalue weighted by atomic mass is 9.92. The van der Waals surface area contributed by atoms with Gasteiger partial charge in [-0.1, -0.05) is 18.5 Å². The Morgan fingerprint density at radius 2 is 2.24 bits per heavy atom. The highest BCUT2D eigenvalue weighted by Gasteiger charge is 2.33. The van der Waals surface area contributed by atoms with E-state index in [4.69, 9.17) is 11.6 Å². The highest BCUT2D eigenvalue weighted by molar-refractivity contribution is 6.30. The Morgan fingerprint density at radius 3 is 2.88 bits per heavy atom. The standard InChI is InChI=1S/C14H21ClN2/c1-4-14(3)10-16-7-8-17(14)13-6-5-12(15)9-11(13)2/h5-6,9,16H,4,7-8,10H2,1-3H3. The van der Waals surface area contributed by atoms with Gasteiger partial charge in [0.15, 0.2) is 0 Å². The zero-order valence-electron chi connectivity index (χ0n) is 10.9. The first-order valence-corrected chi connectivity index (χ1v) is 6.69. The molecular formula is C14H21ClN2. The van der Waals surface area contributed by atoms with E-state index in [1.165, 1.54) is 11.3 Å². The van der Waals surface area contributed by atoms with Gasteiger partial charge in [-0.15, -0.1) is 0 Å². The van der Waals surface area contributed by atoms with E-state index in [2.05, 4.69) is 43.1 Å². The largest absolute Gasteiger partial charge is 0.363 e. The van der Waals surface area contributed by atoms with Crippen LogP contribution in [0.5, 0.6) is 0 Å². The Kier molecular flexibility index (Phi) is 3.64. The van der Waals surface area contributed by atoms with Gasteiger partial charge in [-0.05, 0) is 44.0 Å². The molecule has 0 aliphatic carbocycles. The fraction of sp³-hybridized carbons (Fsp3) is 0.571. The summed E-state index contributed by atoms with van der Waals surface area (Å²) >= 11 is 6.03. The molecular weight excluding hydrogens is 232 g/mol. The summed E-state index contributed by atoms with van der Waals surface area (Å²) in [5, 5.41) is 4.31. The molecule has 17 heavy (non-hydrogen) atoms. The summed E-state index contributed by atoms with van der Waals surface area (Å²) in [5.74, 6) is 0. The molecule has 0 aromatic heterocycles. The van der Waals surface area contributed by atoms with E-state index in [1.54, 1.807) is 0 Å². The van der Waals surface area contributed by atoms with E-state index in [0.717, 1.165) is 31.1 Å². The fourth-order valence-electron chi connectivity index (χ4n) is 2.56. The third-order valence-corrected chi connectivity index (χ3v) is 4.12. The number of rotatable bonds is 2. The Labute approximate surface area is 109 Å². The maximum Gasteiger partial charge on any atom is 0.0496 e. The summed E-state index contributed by atoms with van der Waals surface area (Å²) in [7, 11) is 0. The summed E-state index contributed by atoms with van der Waals surface area (Å²) in [6.07, 6.45) is 1.14.